The number of halogens is 2. The van der Waals surface area contributed by atoms with Crippen LogP contribution >= 0.6 is 11.8 Å². The summed E-state index contributed by atoms with van der Waals surface area (Å²) in [5, 5.41) is 87.5. The number of aromatic hydroxyl groups is 1. The van der Waals surface area contributed by atoms with Crippen molar-refractivity contribution in [2.75, 3.05) is 30.3 Å². The molecule has 18 N–H and O–H groups in total. The zero-order valence-corrected chi connectivity index (χ0v) is 55.7. The lowest BCUT2D eigenvalue weighted by molar-refractivity contribution is -0.143. The van der Waals surface area contributed by atoms with E-state index in [0.29, 0.717) is 27.8 Å². The summed E-state index contributed by atoms with van der Waals surface area (Å²) in [5.41, 5.74) is 4.26. The largest absolute Gasteiger partial charge is 0.505 e. The van der Waals surface area contributed by atoms with Crippen LogP contribution in [0.4, 0.5) is 24.1 Å². The molecule has 8 atom stereocenters. The zero-order valence-electron chi connectivity index (χ0n) is 54.9. The van der Waals surface area contributed by atoms with E-state index < -0.39 is 216 Å². The molecule has 1 unspecified atom stereocenters. The van der Waals surface area contributed by atoms with Crippen LogP contribution < -0.4 is 63.9 Å². The van der Waals surface area contributed by atoms with Gasteiger partial charge in [0.25, 0.3) is 0 Å². The summed E-state index contributed by atoms with van der Waals surface area (Å²) in [6, 6.07) is 8.80. The summed E-state index contributed by atoms with van der Waals surface area (Å²) in [6.45, 7) is -0.888. The predicted molar refractivity (Wildman–Crippen MR) is 362 cm³/mol. The lowest BCUT2D eigenvalue weighted by Crippen LogP contribution is -2.59. The van der Waals surface area contributed by atoms with Gasteiger partial charge in [-0.15, -0.1) is 11.8 Å². The van der Waals surface area contributed by atoms with Gasteiger partial charge < -0.3 is 93.7 Å². The number of carbonyl (C=O) groups excluding carboxylic acids is 9. The van der Waals surface area contributed by atoms with Gasteiger partial charge in [0.1, 0.15) is 53.6 Å². The molecule has 0 saturated carbocycles. The Balaban J connectivity index is 0.935. The Bertz CT molecular complexity index is 4380. The number of aliphatic carboxylic acids is 5. The van der Waals surface area contributed by atoms with Gasteiger partial charge in [-0.25, -0.2) is 42.4 Å². The highest BCUT2D eigenvalue weighted by molar-refractivity contribution is 8.00. The second-order valence-electron chi connectivity index (χ2n) is 23.6. The fourth-order valence-corrected chi connectivity index (χ4v) is 11.8. The van der Waals surface area contributed by atoms with Crippen molar-refractivity contribution in [2.45, 2.75) is 105 Å². The molecule has 3 aliphatic rings. The monoisotopic (exact) mass is 1480 g/mol. The summed E-state index contributed by atoms with van der Waals surface area (Å²) < 4.78 is 35.3. The number of fused-ring (bicyclic) bond motifs is 2. The van der Waals surface area contributed by atoms with Crippen molar-refractivity contribution in [3.63, 3.8) is 0 Å². The van der Waals surface area contributed by atoms with Gasteiger partial charge in [0.05, 0.1) is 22.9 Å². The fraction of sp³-hybridized carbons (Fsp3) is 0.313. The quantitative estimate of drug-likeness (QED) is 0.0144. The maximum Gasteiger partial charge on any atom is 0.336 e. The van der Waals surface area contributed by atoms with Crippen LogP contribution in [0.25, 0.3) is 33.4 Å². The molecule has 38 heteroatoms. The number of hydrogen-bond acceptors (Lipinski definition) is 20. The van der Waals surface area contributed by atoms with Crippen LogP contribution in [-0.2, 0) is 70.4 Å². The normalized spacial score (nSPS) is 14.6. The molecule has 0 radical (unpaired) electrons. The number of aromatic carboxylic acids is 1. The summed E-state index contributed by atoms with van der Waals surface area (Å²) in [5.74, 6) is -20.9. The molecule has 0 bridgehead atoms. The molecule has 2 heterocycles. The highest BCUT2D eigenvalue weighted by Crippen LogP contribution is 2.44. The number of hydrogen-bond donors (Lipinski definition) is 17. The van der Waals surface area contributed by atoms with Gasteiger partial charge in [0, 0.05) is 86.1 Å². The molecule has 1 saturated heterocycles. The molecule has 11 amide bonds. The van der Waals surface area contributed by atoms with Crippen molar-refractivity contribution in [3.05, 3.63) is 142 Å². The Kier molecular flexibility index (Phi) is 28.0. The van der Waals surface area contributed by atoms with E-state index in [-0.39, 0.29) is 71.5 Å². The van der Waals surface area contributed by atoms with E-state index in [1.807, 2.05) is 10.6 Å². The van der Waals surface area contributed by atoms with Gasteiger partial charge >= 0.3 is 47.9 Å². The van der Waals surface area contributed by atoms with E-state index in [9.17, 15) is 116 Å². The van der Waals surface area contributed by atoms with Crippen molar-refractivity contribution in [3.8, 4) is 28.2 Å². The minimum atomic E-state index is -2.04. The molecule has 4 aromatic carbocycles. The number of carboxylic acids is 6. The van der Waals surface area contributed by atoms with Gasteiger partial charge in [0.2, 0.25) is 46.8 Å². The Hall–Kier alpha value is -12.6. The summed E-state index contributed by atoms with van der Waals surface area (Å²) in [7, 11) is 0. The van der Waals surface area contributed by atoms with Crippen LogP contribution in [0.5, 0.6) is 5.75 Å². The van der Waals surface area contributed by atoms with E-state index in [1.54, 1.807) is 60.7 Å². The number of nitrogens with two attached hydrogens (primary N) is 1. The molecule has 7 rings (SSSR count). The van der Waals surface area contributed by atoms with Crippen LogP contribution in [0.1, 0.15) is 66.4 Å². The topological polar surface area (TPSA) is 565 Å². The Morgan fingerprint density at radius 3 is 1.72 bits per heavy atom. The molecular formula is C67H69F2N11O24S. The smallest absolute Gasteiger partial charge is 0.336 e. The SMILES string of the molecule is N[C@@H](CNC(=O)[C@H](Cc1ccccc1)NC(=O)[C@H](Cc1ccccc1)NC(=O)NCCCNC(=O)CC[C@H](NC(=O)N[C@@H](CCC(=O)O)C(=O)O)C(=O)O)C(=O)N[C@@H](CC(=O)O)C(=O)N[C@@H](CSC1CC(=O)N(c2ccc(-c3c4cc(F)c(=O)cc-4oc4cc(O)c(F)cc34)c(C(=O)O)c2)C1=O)C(=O)O. The average Bonchev–Trinajstić information content (AvgIpc) is 1.37. The number of carboxylic acid groups (broad SMARTS) is 6. The second kappa shape index (κ2) is 36.8. The first kappa shape index (κ1) is 79.7. The summed E-state index contributed by atoms with van der Waals surface area (Å²) >= 11 is 0.556. The van der Waals surface area contributed by atoms with Gasteiger partial charge in [-0.1, -0.05) is 66.7 Å². The van der Waals surface area contributed by atoms with Crippen LogP contribution in [-0.4, -0.2) is 198 Å². The summed E-state index contributed by atoms with van der Waals surface area (Å²) in [4.78, 5) is 206. The number of nitrogens with zero attached hydrogens (tertiary/aromatic N) is 1. The maximum atomic E-state index is 14.9. The predicted octanol–water partition coefficient (Wildman–Crippen LogP) is 0.579. The van der Waals surface area contributed by atoms with Crippen LogP contribution in [0, 0.1) is 11.6 Å². The third-order valence-corrected chi connectivity index (χ3v) is 17.2. The van der Waals surface area contributed by atoms with Crippen molar-refractivity contribution in [1.29, 1.82) is 0 Å². The van der Waals surface area contributed by atoms with Crippen LogP contribution in [0.15, 0.2) is 112 Å². The minimum absolute atomic E-state index is 0.0616. The molecule has 1 fully saturated rings. The number of nitrogens with one attached hydrogen (secondary N) is 9. The van der Waals surface area contributed by atoms with E-state index in [4.69, 9.17) is 15.3 Å². The number of rotatable bonds is 37. The minimum Gasteiger partial charge on any atom is -0.505 e. The zero-order chi connectivity index (χ0) is 76.9. The number of phenolic OH excluding ortho intramolecular Hbond substituents is 1. The Morgan fingerprint density at radius 1 is 0.571 bits per heavy atom. The van der Waals surface area contributed by atoms with E-state index in [1.165, 1.54) is 0 Å². The second-order valence-corrected chi connectivity index (χ2v) is 24.8. The number of thioether (sulfide) groups is 1. The van der Waals surface area contributed by atoms with Crippen LogP contribution in [0.2, 0.25) is 0 Å². The molecule has 35 nitrogen and oxygen atoms in total. The van der Waals surface area contributed by atoms with E-state index in [2.05, 4.69) is 37.2 Å². The molecule has 2 aliphatic heterocycles. The molecule has 105 heavy (non-hydrogen) atoms. The van der Waals surface area contributed by atoms with Gasteiger partial charge in [0.15, 0.2) is 17.4 Å². The van der Waals surface area contributed by atoms with Crippen molar-refractivity contribution < 1.29 is 121 Å². The Morgan fingerprint density at radius 2 is 1.13 bits per heavy atom. The Labute approximate surface area is 595 Å². The number of benzene rings is 5. The van der Waals surface area contributed by atoms with E-state index in [0.717, 1.165) is 42.5 Å². The third kappa shape index (κ3) is 22.4. The van der Waals surface area contributed by atoms with E-state index >= 15 is 0 Å². The highest BCUT2D eigenvalue weighted by Gasteiger charge is 2.42. The number of urea groups is 2. The first-order chi connectivity index (χ1) is 49.8. The van der Waals surface area contributed by atoms with Gasteiger partial charge in [-0.3, -0.25) is 47.9 Å². The van der Waals surface area contributed by atoms with Gasteiger partial charge in [-0.2, -0.15) is 0 Å². The third-order valence-electron chi connectivity index (χ3n) is 15.9. The van der Waals surface area contributed by atoms with Crippen molar-refractivity contribution in [2.24, 2.45) is 5.73 Å². The first-order valence-electron chi connectivity index (χ1n) is 31.8. The first-order valence-corrected chi connectivity index (χ1v) is 32.8. The molecule has 1 aliphatic carbocycles. The molecule has 556 valence electrons. The number of carbonyl (C=O) groups is 15. The number of phenols is 1. The summed E-state index contributed by atoms with van der Waals surface area (Å²) in [6.07, 6.45) is -3.96. The fourth-order valence-electron chi connectivity index (χ4n) is 10.6. The van der Waals surface area contributed by atoms with Crippen LogP contribution in [0.3, 0.4) is 0 Å². The molecule has 0 aromatic heterocycles. The van der Waals surface area contributed by atoms with Crippen molar-refractivity contribution >= 4 is 118 Å². The number of anilines is 1. The highest BCUT2D eigenvalue weighted by atomic mass is 32.2. The number of amides is 11. The number of imide groups is 1. The molecule has 4 aromatic rings. The van der Waals surface area contributed by atoms with Crippen molar-refractivity contribution in [1.82, 2.24) is 47.9 Å². The molecule has 0 spiro atoms. The lowest BCUT2D eigenvalue weighted by Gasteiger charge is -2.25. The standard InChI is InChI=1S/C67H69F2N11O24S/c68-38-23-36-49(26-47(38)81)104-50-27-48(82)39(69)24-37(50)56(36)34-13-12-33(22-35(34)62(94)95)80-53(84)28-51(61(80)93)105-30-46(65(100)101)76-60(92)45(25-55(87)88)74-57(89)40(70)29-73-58(90)43(20-31-8-3-1-4-9-31)75-59(91)44(21-32-10-5-2-6-11-32)79-66(102)72-19-7-18-71-52(83)16-14-41(63(96)97)77-67(103)78-42(64(98)99)15-17-54(85)86/h1-6,8-13,22-24,26-27,40-46,51,81H,7,14-21,25,28-30,70H2,(H,71,83)(H,73,90)(H,74,89)(H,75,91)(H,76,92)(H,85,86)(H,87,88)(H,94,95)(H,96,97)(H,98,99)(H,100,101)(H2,72,79,102)(H2,77,78,103)/t40-,41-,42-,43-,44-,45-,46-,51?/m0/s1. The molecular weight excluding hydrogens is 1410 g/mol. The maximum absolute atomic E-state index is 14.9. The van der Waals surface area contributed by atoms with Gasteiger partial charge in [-0.05, 0) is 60.2 Å². The average molecular weight is 1480 g/mol. The lowest BCUT2D eigenvalue weighted by atomic mass is 9.90.